The number of hydrogen-bond donors (Lipinski definition) is 3. The number of rotatable bonds is 6. The summed E-state index contributed by atoms with van der Waals surface area (Å²) in [5.41, 5.74) is 3.88. The molecule has 2 aliphatic rings. The van der Waals surface area contributed by atoms with E-state index in [1.54, 1.807) is 19.2 Å². The van der Waals surface area contributed by atoms with Crippen molar-refractivity contribution in [3.05, 3.63) is 59.2 Å². The predicted molar refractivity (Wildman–Crippen MR) is 123 cm³/mol. The van der Waals surface area contributed by atoms with Crippen molar-refractivity contribution in [2.24, 2.45) is 4.99 Å². The predicted octanol–water partition coefficient (Wildman–Crippen LogP) is 3.00. The number of nitrogens with zero attached hydrogens (tertiary/aromatic N) is 2. The maximum Gasteiger partial charge on any atom is 0.257 e. The smallest absolute Gasteiger partial charge is 0.257 e. The van der Waals surface area contributed by atoms with Gasteiger partial charge in [0.05, 0.1) is 0 Å². The lowest BCUT2D eigenvalue weighted by molar-refractivity contribution is -0.123. The first-order valence-corrected chi connectivity index (χ1v) is 10.8. The first-order valence-electron chi connectivity index (χ1n) is 10.8. The Hall–Kier alpha value is -3.68. The fourth-order valence-corrected chi connectivity index (χ4v) is 3.56. The van der Waals surface area contributed by atoms with E-state index in [0.717, 1.165) is 29.8 Å². The zero-order valence-corrected chi connectivity index (χ0v) is 18.4. The summed E-state index contributed by atoms with van der Waals surface area (Å²) in [5.74, 6) is 0.0997. The minimum Gasteiger partial charge on any atom is -0.355 e. The van der Waals surface area contributed by atoms with Crippen molar-refractivity contribution in [3.8, 4) is 0 Å². The Kier molecular flexibility index (Phi) is 5.94. The third-order valence-electron chi connectivity index (χ3n) is 5.44. The zero-order chi connectivity index (χ0) is 22.8. The number of amides is 3. The molecule has 1 aliphatic heterocycles. The molecule has 3 N–H and O–H groups in total. The second-order valence-corrected chi connectivity index (χ2v) is 8.46. The molecule has 4 rings (SSSR count). The maximum atomic E-state index is 12.7. The standard InChI is InChI=1S/C24H27N5O3/c1-14(2)26-22(31)16-5-4-6-18(11-16)27-20-10-9-17(12-19(20)15-7-8-15)23(32)28-24-25-13-21(30)29(24)3/h4-6,9-12,14-15,27H,7-8,13H2,1-3H3,(H,26,31)(H,25,28,32). The average molecular weight is 434 g/mol. The molecule has 1 heterocycles. The van der Waals surface area contributed by atoms with Crippen molar-refractivity contribution in [1.82, 2.24) is 15.5 Å². The van der Waals surface area contributed by atoms with E-state index in [2.05, 4.69) is 20.9 Å². The normalized spacial score (nSPS) is 15.6. The van der Waals surface area contributed by atoms with Crippen LogP contribution in [-0.4, -0.2) is 48.2 Å². The summed E-state index contributed by atoms with van der Waals surface area (Å²) in [7, 11) is 1.59. The van der Waals surface area contributed by atoms with Gasteiger partial charge in [0, 0.05) is 35.6 Å². The Labute approximate surface area is 187 Å². The average Bonchev–Trinajstić information content (AvgIpc) is 3.56. The summed E-state index contributed by atoms with van der Waals surface area (Å²) in [4.78, 5) is 42.1. The highest BCUT2D eigenvalue weighted by Crippen LogP contribution is 2.44. The fourth-order valence-electron chi connectivity index (χ4n) is 3.56. The molecule has 0 spiro atoms. The summed E-state index contributed by atoms with van der Waals surface area (Å²) in [6.07, 6.45) is 2.14. The topological polar surface area (TPSA) is 103 Å². The lowest BCUT2D eigenvalue weighted by Gasteiger charge is -2.16. The van der Waals surface area contributed by atoms with Crippen LogP contribution in [0.25, 0.3) is 0 Å². The molecule has 1 aliphatic carbocycles. The van der Waals surface area contributed by atoms with Crippen molar-refractivity contribution < 1.29 is 14.4 Å². The van der Waals surface area contributed by atoms with Gasteiger partial charge in [0.25, 0.3) is 17.7 Å². The molecule has 1 fully saturated rings. The highest BCUT2D eigenvalue weighted by atomic mass is 16.2. The Morgan fingerprint density at radius 3 is 2.47 bits per heavy atom. The number of likely N-dealkylation sites (N-methyl/N-ethyl adjacent to an activating group) is 1. The molecule has 3 amide bonds. The van der Waals surface area contributed by atoms with Gasteiger partial charge < -0.3 is 10.6 Å². The molecule has 1 saturated carbocycles. The second kappa shape index (κ2) is 8.82. The van der Waals surface area contributed by atoms with E-state index in [9.17, 15) is 14.4 Å². The van der Waals surface area contributed by atoms with E-state index in [1.807, 2.05) is 44.2 Å². The first-order chi connectivity index (χ1) is 15.3. The van der Waals surface area contributed by atoms with Crippen LogP contribution in [-0.2, 0) is 4.79 Å². The van der Waals surface area contributed by atoms with E-state index < -0.39 is 0 Å². The molecule has 0 atom stereocenters. The third kappa shape index (κ3) is 4.80. The lowest BCUT2D eigenvalue weighted by Crippen LogP contribution is -2.41. The van der Waals surface area contributed by atoms with Crippen LogP contribution in [0, 0.1) is 0 Å². The molecule has 166 valence electrons. The van der Waals surface area contributed by atoms with Crippen LogP contribution in [0.3, 0.4) is 0 Å². The number of carbonyl (C=O) groups excluding carboxylic acids is 3. The van der Waals surface area contributed by atoms with Crippen molar-refractivity contribution >= 4 is 35.1 Å². The monoisotopic (exact) mass is 433 g/mol. The summed E-state index contributed by atoms with van der Waals surface area (Å²) < 4.78 is 0. The van der Waals surface area contributed by atoms with Gasteiger partial charge in [0.15, 0.2) is 0 Å². The van der Waals surface area contributed by atoms with Gasteiger partial charge >= 0.3 is 0 Å². The maximum absolute atomic E-state index is 12.7. The van der Waals surface area contributed by atoms with Crippen LogP contribution < -0.4 is 16.0 Å². The number of anilines is 2. The molecule has 8 nitrogen and oxygen atoms in total. The van der Waals surface area contributed by atoms with Gasteiger partial charge in [0.1, 0.15) is 6.54 Å². The highest BCUT2D eigenvalue weighted by Gasteiger charge is 2.28. The van der Waals surface area contributed by atoms with Crippen molar-refractivity contribution in [2.45, 2.75) is 38.6 Å². The van der Waals surface area contributed by atoms with Crippen LogP contribution in [0.2, 0.25) is 0 Å². The molecule has 32 heavy (non-hydrogen) atoms. The van der Waals surface area contributed by atoms with Gasteiger partial charge in [-0.05, 0) is 74.6 Å². The van der Waals surface area contributed by atoms with Gasteiger partial charge in [-0.25, -0.2) is 4.99 Å². The summed E-state index contributed by atoms with van der Waals surface area (Å²) in [5, 5.41) is 9.02. The molecule has 2 aromatic rings. The SMILES string of the molecule is CC(C)NC(=O)c1cccc(Nc2ccc(C(=O)NC3=NCC(=O)N3C)cc2C2CC2)c1. The molecule has 0 bridgehead atoms. The molecule has 2 aromatic carbocycles. The summed E-state index contributed by atoms with van der Waals surface area (Å²) >= 11 is 0. The molecule has 0 radical (unpaired) electrons. The minimum absolute atomic E-state index is 0.0521. The molecule has 0 aromatic heterocycles. The number of hydrogen-bond acceptors (Lipinski definition) is 5. The van der Waals surface area contributed by atoms with E-state index in [4.69, 9.17) is 0 Å². The quantitative estimate of drug-likeness (QED) is 0.652. The number of nitrogens with one attached hydrogen (secondary N) is 3. The number of benzene rings is 2. The van der Waals surface area contributed by atoms with Crippen LogP contribution in [0.5, 0.6) is 0 Å². The van der Waals surface area contributed by atoms with Gasteiger partial charge in [-0.15, -0.1) is 0 Å². The Balaban J connectivity index is 1.53. The summed E-state index contributed by atoms with van der Waals surface area (Å²) in [6.45, 7) is 3.90. The lowest BCUT2D eigenvalue weighted by atomic mass is 10.0. The van der Waals surface area contributed by atoms with Crippen molar-refractivity contribution in [2.75, 3.05) is 18.9 Å². The highest BCUT2D eigenvalue weighted by molar-refractivity contribution is 6.12. The van der Waals surface area contributed by atoms with E-state index in [0.29, 0.717) is 17.0 Å². The van der Waals surface area contributed by atoms with E-state index in [1.165, 1.54) is 4.90 Å². The van der Waals surface area contributed by atoms with E-state index >= 15 is 0 Å². The van der Waals surface area contributed by atoms with E-state index in [-0.39, 0.29) is 36.3 Å². The molecule has 8 heteroatoms. The van der Waals surface area contributed by atoms with Crippen LogP contribution in [0.1, 0.15) is 58.9 Å². The van der Waals surface area contributed by atoms with Crippen LogP contribution in [0.15, 0.2) is 47.5 Å². The van der Waals surface area contributed by atoms with Crippen LogP contribution in [0.4, 0.5) is 11.4 Å². The number of aliphatic imine (C=N–C) groups is 1. The zero-order valence-electron chi connectivity index (χ0n) is 18.4. The number of carbonyl (C=O) groups is 3. The van der Waals surface area contributed by atoms with Gasteiger partial charge in [-0.2, -0.15) is 0 Å². The largest absolute Gasteiger partial charge is 0.355 e. The van der Waals surface area contributed by atoms with Crippen LogP contribution >= 0.6 is 0 Å². The molecular formula is C24H27N5O3. The number of guanidine groups is 1. The summed E-state index contributed by atoms with van der Waals surface area (Å²) in [6, 6.07) is 12.9. The van der Waals surface area contributed by atoms with Gasteiger partial charge in [-0.1, -0.05) is 6.07 Å². The van der Waals surface area contributed by atoms with Gasteiger partial charge in [-0.3, -0.25) is 24.6 Å². The second-order valence-electron chi connectivity index (χ2n) is 8.46. The van der Waals surface area contributed by atoms with Crippen molar-refractivity contribution in [1.29, 1.82) is 0 Å². The molecular weight excluding hydrogens is 406 g/mol. The Morgan fingerprint density at radius 2 is 1.81 bits per heavy atom. The Morgan fingerprint density at radius 1 is 1.06 bits per heavy atom. The van der Waals surface area contributed by atoms with Gasteiger partial charge in [0.2, 0.25) is 5.96 Å². The Bertz CT molecular complexity index is 1100. The first kappa shape index (κ1) is 21.5. The molecule has 0 unspecified atom stereocenters. The van der Waals surface area contributed by atoms with Crippen molar-refractivity contribution in [3.63, 3.8) is 0 Å². The third-order valence-corrected chi connectivity index (χ3v) is 5.44. The molecule has 0 saturated heterocycles. The minimum atomic E-state index is -0.300. The fraction of sp³-hybridized carbons (Fsp3) is 0.333.